The van der Waals surface area contributed by atoms with E-state index in [1.807, 2.05) is 26.0 Å². The van der Waals surface area contributed by atoms with Crippen molar-refractivity contribution in [3.63, 3.8) is 0 Å². The minimum Gasteiger partial charge on any atom is -0.343 e. The van der Waals surface area contributed by atoms with Crippen LogP contribution in [-0.2, 0) is 5.54 Å². The van der Waals surface area contributed by atoms with Gasteiger partial charge in [-0.1, -0.05) is 0 Å². The zero-order valence-corrected chi connectivity index (χ0v) is 10.4. The Hall–Kier alpha value is -2.23. The summed E-state index contributed by atoms with van der Waals surface area (Å²) in [4.78, 5) is 19.9. The van der Waals surface area contributed by atoms with E-state index in [9.17, 15) is 4.79 Å². The molecule has 0 aromatic carbocycles. The van der Waals surface area contributed by atoms with Crippen LogP contribution >= 0.6 is 0 Å². The van der Waals surface area contributed by atoms with Gasteiger partial charge in [0.15, 0.2) is 0 Å². The van der Waals surface area contributed by atoms with Gasteiger partial charge < -0.3 is 5.32 Å². The Morgan fingerprint density at radius 2 is 1.50 bits per heavy atom. The van der Waals surface area contributed by atoms with Gasteiger partial charge in [0.05, 0.1) is 5.54 Å². The molecule has 4 nitrogen and oxygen atoms in total. The van der Waals surface area contributed by atoms with E-state index < -0.39 is 5.54 Å². The third-order valence-corrected chi connectivity index (χ3v) is 2.77. The molecule has 0 saturated heterocycles. The highest BCUT2D eigenvalue weighted by Gasteiger charge is 2.23. The lowest BCUT2D eigenvalue weighted by Gasteiger charge is -2.26. The Labute approximate surface area is 106 Å². The van der Waals surface area contributed by atoms with Crippen LogP contribution in [0, 0.1) is 0 Å². The van der Waals surface area contributed by atoms with E-state index in [0.717, 1.165) is 5.56 Å². The van der Waals surface area contributed by atoms with Gasteiger partial charge in [0, 0.05) is 30.4 Å². The monoisotopic (exact) mass is 241 g/mol. The minimum atomic E-state index is -0.441. The number of carbonyl (C=O) groups is 1. The molecule has 0 bridgehead atoms. The molecule has 0 atom stereocenters. The normalized spacial score (nSPS) is 11.0. The first kappa shape index (κ1) is 12.2. The van der Waals surface area contributed by atoms with Crippen LogP contribution in [0.2, 0.25) is 0 Å². The molecule has 0 fully saturated rings. The lowest BCUT2D eigenvalue weighted by Crippen LogP contribution is -2.40. The molecule has 1 amide bonds. The van der Waals surface area contributed by atoms with E-state index >= 15 is 0 Å². The minimum absolute atomic E-state index is 0.112. The van der Waals surface area contributed by atoms with Crippen LogP contribution in [0.1, 0.15) is 29.8 Å². The van der Waals surface area contributed by atoms with Crippen LogP contribution in [-0.4, -0.2) is 15.9 Å². The summed E-state index contributed by atoms with van der Waals surface area (Å²) in [5, 5.41) is 2.99. The molecule has 18 heavy (non-hydrogen) atoms. The lowest BCUT2D eigenvalue weighted by molar-refractivity contribution is 0.0912. The zero-order chi connectivity index (χ0) is 13.0. The SMILES string of the molecule is CC(C)(NC(=O)c1ccncc1)c1ccncc1. The molecular weight excluding hydrogens is 226 g/mol. The zero-order valence-electron chi connectivity index (χ0n) is 10.4. The maximum atomic E-state index is 12.1. The second kappa shape index (κ2) is 4.96. The third kappa shape index (κ3) is 2.71. The summed E-state index contributed by atoms with van der Waals surface area (Å²) in [5.74, 6) is -0.112. The summed E-state index contributed by atoms with van der Waals surface area (Å²) in [6, 6.07) is 7.18. The lowest BCUT2D eigenvalue weighted by atomic mass is 9.95. The van der Waals surface area contributed by atoms with Gasteiger partial charge in [0.1, 0.15) is 0 Å². The van der Waals surface area contributed by atoms with E-state index in [0.29, 0.717) is 5.56 Å². The molecule has 2 aromatic rings. The summed E-state index contributed by atoms with van der Waals surface area (Å²) in [6.07, 6.45) is 6.65. The predicted octanol–water partition coefficient (Wildman–Crippen LogP) is 2.14. The van der Waals surface area contributed by atoms with Crippen molar-refractivity contribution >= 4 is 5.91 Å². The van der Waals surface area contributed by atoms with Gasteiger partial charge in [-0.2, -0.15) is 0 Å². The molecule has 2 rings (SSSR count). The summed E-state index contributed by atoms with van der Waals surface area (Å²) in [7, 11) is 0. The maximum absolute atomic E-state index is 12.1. The smallest absolute Gasteiger partial charge is 0.252 e. The fourth-order valence-corrected chi connectivity index (χ4v) is 1.70. The van der Waals surface area contributed by atoms with Gasteiger partial charge in [0.2, 0.25) is 0 Å². The Kier molecular flexibility index (Phi) is 3.37. The topological polar surface area (TPSA) is 54.9 Å². The van der Waals surface area contributed by atoms with Crippen molar-refractivity contribution < 1.29 is 4.79 Å². The maximum Gasteiger partial charge on any atom is 0.252 e. The van der Waals surface area contributed by atoms with Crippen LogP contribution < -0.4 is 5.32 Å². The summed E-state index contributed by atoms with van der Waals surface area (Å²) < 4.78 is 0. The predicted molar refractivity (Wildman–Crippen MR) is 69.0 cm³/mol. The average molecular weight is 241 g/mol. The van der Waals surface area contributed by atoms with Crippen molar-refractivity contribution in [1.29, 1.82) is 0 Å². The molecule has 0 radical (unpaired) electrons. The van der Waals surface area contributed by atoms with Gasteiger partial charge in [0.25, 0.3) is 5.91 Å². The van der Waals surface area contributed by atoms with Crippen LogP contribution in [0.5, 0.6) is 0 Å². The summed E-state index contributed by atoms with van der Waals surface area (Å²) in [6.45, 7) is 3.92. The first-order valence-corrected chi connectivity index (χ1v) is 5.72. The van der Waals surface area contributed by atoms with Crippen molar-refractivity contribution in [2.45, 2.75) is 19.4 Å². The molecule has 2 heterocycles. The molecule has 92 valence electrons. The fraction of sp³-hybridized carbons (Fsp3) is 0.214. The first-order chi connectivity index (χ1) is 8.59. The van der Waals surface area contributed by atoms with Crippen molar-refractivity contribution in [2.24, 2.45) is 0 Å². The second-order valence-electron chi connectivity index (χ2n) is 4.55. The Bertz CT molecular complexity index is 523. The van der Waals surface area contributed by atoms with Crippen molar-refractivity contribution in [3.05, 3.63) is 60.2 Å². The highest BCUT2D eigenvalue weighted by Crippen LogP contribution is 2.19. The molecule has 4 heteroatoms. The number of nitrogens with zero attached hydrogens (tertiary/aromatic N) is 2. The molecular formula is C14H15N3O. The van der Waals surface area contributed by atoms with Crippen molar-refractivity contribution in [2.75, 3.05) is 0 Å². The first-order valence-electron chi connectivity index (χ1n) is 5.72. The summed E-state index contributed by atoms with van der Waals surface area (Å²) in [5.41, 5.74) is 1.18. The Morgan fingerprint density at radius 1 is 1.00 bits per heavy atom. The van der Waals surface area contributed by atoms with Crippen LogP contribution in [0.4, 0.5) is 0 Å². The molecule has 0 unspecified atom stereocenters. The van der Waals surface area contributed by atoms with E-state index in [1.54, 1.807) is 36.9 Å². The molecule has 2 aromatic heterocycles. The van der Waals surface area contributed by atoms with Crippen molar-refractivity contribution in [1.82, 2.24) is 15.3 Å². The van der Waals surface area contributed by atoms with Gasteiger partial charge in [-0.15, -0.1) is 0 Å². The molecule has 1 N–H and O–H groups in total. The van der Waals surface area contributed by atoms with Crippen LogP contribution in [0.25, 0.3) is 0 Å². The standard InChI is InChI=1S/C14H15N3O/c1-14(2,12-5-9-16-10-6-12)17-13(18)11-3-7-15-8-4-11/h3-10H,1-2H3,(H,17,18). The number of hydrogen-bond donors (Lipinski definition) is 1. The number of nitrogens with one attached hydrogen (secondary N) is 1. The second-order valence-corrected chi connectivity index (χ2v) is 4.55. The van der Waals surface area contributed by atoms with Crippen molar-refractivity contribution in [3.8, 4) is 0 Å². The molecule has 0 saturated carbocycles. The van der Waals surface area contributed by atoms with Gasteiger partial charge in [-0.25, -0.2) is 0 Å². The molecule has 0 aliphatic heterocycles. The number of amides is 1. The van der Waals surface area contributed by atoms with E-state index in [4.69, 9.17) is 0 Å². The number of pyridine rings is 2. The van der Waals surface area contributed by atoms with Crippen LogP contribution in [0.15, 0.2) is 49.1 Å². The Balaban J connectivity index is 2.17. The number of carbonyl (C=O) groups excluding carboxylic acids is 1. The summed E-state index contributed by atoms with van der Waals surface area (Å²) >= 11 is 0. The highest BCUT2D eigenvalue weighted by atomic mass is 16.1. The van der Waals surface area contributed by atoms with Crippen LogP contribution in [0.3, 0.4) is 0 Å². The number of hydrogen-bond acceptors (Lipinski definition) is 3. The van der Waals surface area contributed by atoms with E-state index in [-0.39, 0.29) is 5.91 Å². The van der Waals surface area contributed by atoms with Gasteiger partial charge in [-0.3, -0.25) is 14.8 Å². The molecule has 0 spiro atoms. The molecule has 0 aliphatic carbocycles. The fourth-order valence-electron chi connectivity index (χ4n) is 1.70. The Morgan fingerprint density at radius 3 is 2.06 bits per heavy atom. The quantitative estimate of drug-likeness (QED) is 0.895. The van der Waals surface area contributed by atoms with Gasteiger partial charge >= 0.3 is 0 Å². The molecule has 0 aliphatic rings. The van der Waals surface area contributed by atoms with Gasteiger partial charge in [-0.05, 0) is 43.7 Å². The number of rotatable bonds is 3. The van der Waals surface area contributed by atoms with E-state index in [1.165, 1.54) is 0 Å². The highest BCUT2D eigenvalue weighted by molar-refractivity contribution is 5.94. The third-order valence-electron chi connectivity index (χ3n) is 2.77. The number of aromatic nitrogens is 2. The van der Waals surface area contributed by atoms with E-state index in [2.05, 4.69) is 15.3 Å². The average Bonchev–Trinajstić information content (AvgIpc) is 2.40. The largest absolute Gasteiger partial charge is 0.343 e.